The number of unbranched alkanes of at least 4 members (excludes halogenated alkanes) is 1. The standard InChI is InChI=1S/C23H41N5O/c1-20-10-8-14-27(19-20)13-7-4-12-25-23(24-2)26-18-21(22-11-9-17-29-22)28-15-5-3-6-16-28/h9,11,17,20-21H,3-8,10,12-16,18-19H2,1-2H3,(H2,24,25,26). The highest BCUT2D eigenvalue weighted by atomic mass is 16.3. The zero-order valence-electron chi connectivity index (χ0n) is 18.5. The molecule has 1 aromatic rings. The van der Waals surface area contributed by atoms with Crippen molar-refractivity contribution >= 4 is 5.96 Å². The van der Waals surface area contributed by atoms with Crippen molar-refractivity contribution in [3.05, 3.63) is 24.2 Å². The van der Waals surface area contributed by atoms with Crippen LogP contribution in [-0.2, 0) is 0 Å². The number of piperidine rings is 2. The fourth-order valence-corrected chi connectivity index (χ4v) is 4.69. The van der Waals surface area contributed by atoms with Crippen molar-refractivity contribution < 1.29 is 4.42 Å². The van der Waals surface area contributed by atoms with E-state index in [1.165, 1.54) is 64.6 Å². The number of nitrogens with one attached hydrogen (secondary N) is 2. The molecule has 1 aromatic heterocycles. The molecule has 164 valence electrons. The molecule has 2 aliphatic rings. The maximum Gasteiger partial charge on any atom is 0.191 e. The Balaban J connectivity index is 1.37. The topological polar surface area (TPSA) is 56.0 Å². The van der Waals surface area contributed by atoms with Gasteiger partial charge >= 0.3 is 0 Å². The van der Waals surface area contributed by atoms with E-state index in [2.05, 4.69) is 38.4 Å². The molecule has 0 bridgehead atoms. The predicted octanol–water partition coefficient (Wildman–Crippen LogP) is 3.48. The van der Waals surface area contributed by atoms with E-state index in [1.54, 1.807) is 6.26 Å². The van der Waals surface area contributed by atoms with Crippen LogP contribution in [0.15, 0.2) is 27.8 Å². The summed E-state index contributed by atoms with van der Waals surface area (Å²) in [6.45, 7) is 10.3. The molecule has 0 aliphatic carbocycles. The van der Waals surface area contributed by atoms with Gasteiger partial charge in [-0.2, -0.15) is 0 Å². The third-order valence-corrected chi connectivity index (χ3v) is 6.32. The predicted molar refractivity (Wildman–Crippen MR) is 120 cm³/mol. The van der Waals surface area contributed by atoms with Crippen LogP contribution in [0.5, 0.6) is 0 Å². The normalized spacial score (nSPS) is 23.1. The van der Waals surface area contributed by atoms with Crippen LogP contribution in [0.2, 0.25) is 0 Å². The average Bonchev–Trinajstić information content (AvgIpc) is 3.27. The Bertz CT molecular complexity index is 582. The molecule has 2 atom stereocenters. The summed E-state index contributed by atoms with van der Waals surface area (Å²) < 4.78 is 5.75. The van der Waals surface area contributed by atoms with Crippen LogP contribution in [0.1, 0.15) is 63.7 Å². The first-order chi connectivity index (χ1) is 14.3. The van der Waals surface area contributed by atoms with Gasteiger partial charge in [-0.1, -0.05) is 13.3 Å². The number of hydrogen-bond acceptors (Lipinski definition) is 4. The third-order valence-electron chi connectivity index (χ3n) is 6.32. The average molecular weight is 404 g/mol. The third kappa shape index (κ3) is 7.34. The van der Waals surface area contributed by atoms with E-state index in [1.807, 2.05) is 13.1 Å². The first kappa shape index (κ1) is 22.2. The Morgan fingerprint density at radius 2 is 2.03 bits per heavy atom. The van der Waals surface area contributed by atoms with Gasteiger partial charge in [0.1, 0.15) is 5.76 Å². The Labute approximate surface area is 177 Å². The molecular weight excluding hydrogens is 362 g/mol. The number of rotatable bonds is 9. The van der Waals surface area contributed by atoms with Crippen LogP contribution in [0.25, 0.3) is 0 Å². The molecule has 0 radical (unpaired) electrons. The van der Waals surface area contributed by atoms with Gasteiger partial charge in [0.2, 0.25) is 0 Å². The van der Waals surface area contributed by atoms with Crippen LogP contribution in [-0.4, -0.2) is 68.6 Å². The zero-order valence-corrected chi connectivity index (χ0v) is 18.5. The first-order valence-corrected chi connectivity index (χ1v) is 11.7. The van der Waals surface area contributed by atoms with Gasteiger partial charge in [0, 0.05) is 26.7 Å². The van der Waals surface area contributed by atoms with E-state index in [-0.39, 0.29) is 6.04 Å². The van der Waals surface area contributed by atoms with Crippen molar-refractivity contribution in [1.82, 2.24) is 20.4 Å². The molecule has 6 nitrogen and oxygen atoms in total. The van der Waals surface area contributed by atoms with Gasteiger partial charge in [-0.3, -0.25) is 9.89 Å². The van der Waals surface area contributed by atoms with Gasteiger partial charge in [0.05, 0.1) is 12.3 Å². The number of hydrogen-bond donors (Lipinski definition) is 2. The van der Waals surface area contributed by atoms with Crippen molar-refractivity contribution in [1.29, 1.82) is 0 Å². The minimum atomic E-state index is 0.268. The number of furan rings is 1. The molecule has 2 unspecified atom stereocenters. The lowest BCUT2D eigenvalue weighted by molar-refractivity contribution is 0.146. The Morgan fingerprint density at radius 1 is 1.17 bits per heavy atom. The van der Waals surface area contributed by atoms with Crippen molar-refractivity contribution in [2.24, 2.45) is 10.9 Å². The number of likely N-dealkylation sites (tertiary alicyclic amines) is 2. The minimum Gasteiger partial charge on any atom is -0.468 e. The lowest BCUT2D eigenvalue weighted by Gasteiger charge is -2.33. The van der Waals surface area contributed by atoms with E-state index >= 15 is 0 Å². The van der Waals surface area contributed by atoms with E-state index in [4.69, 9.17) is 4.42 Å². The van der Waals surface area contributed by atoms with Gasteiger partial charge in [-0.25, -0.2) is 0 Å². The summed E-state index contributed by atoms with van der Waals surface area (Å²) in [6, 6.07) is 4.35. The summed E-state index contributed by atoms with van der Waals surface area (Å²) in [4.78, 5) is 9.60. The molecule has 0 saturated carbocycles. The summed E-state index contributed by atoms with van der Waals surface area (Å²) in [5.41, 5.74) is 0. The lowest BCUT2D eigenvalue weighted by atomic mass is 10.0. The molecule has 2 aliphatic heterocycles. The van der Waals surface area contributed by atoms with Crippen molar-refractivity contribution in [2.45, 2.75) is 57.9 Å². The van der Waals surface area contributed by atoms with Crippen LogP contribution in [0, 0.1) is 5.92 Å². The molecule has 0 spiro atoms. The van der Waals surface area contributed by atoms with Gasteiger partial charge in [0.25, 0.3) is 0 Å². The van der Waals surface area contributed by atoms with Crippen LogP contribution in [0.4, 0.5) is 0 Å². The largest absolute Gasteiger partial charge is 0.468 e. The number of nitrogens with zero attached hydrogens (tertiary/aromatic N) is 3. The monoisotopic (exact) mass is 403 g/mol. The molecule has 0 amide bonds. The van der Waals surface area contributed by atoms with Gasteiger partial charge < -0.3 is 20.0 Å². The number of aliphatic imine (C=N–C) groups is 1. The zero-order chi connectivity index (χ0) is 20.3. The summed E-state index contributed by atoms with van der Waals surface area (Å²) in [5.74, 6) is 2.81. The van der Waals surface area contributed by atoms with Crippen molar-refractivity contribution in [3.63, 3.8) is 0 Å². The second kappa shape index (κ2) is 12.2. The van der Waals surface area contributed by atoms with E-state index in [9.17, 15) is 0 Å². The molecule has 3 heterocycles. The second-order valence-electron chi connectivity index (χ2n) is 8.76. The molecule has 6 heteroatoms. The van der Waals surface area contributed by atoms with E-state index in [0.29, 0.717) is 0 Å². The van der Waals surface area contributed by atoms with Gasteiger partial charge in [-0.15, -0.1) is 0 Å². The lowest BCUT2D eigenvalue weighted by Crippen LogP contribution is -2.44. The Kier molecular flexibility index (Phi) is 9.35. The maximum absolute atomic E-state index is 5.75. The van der Waals surface area contributed by atoms with Gasteiger partial charge in [-0.05, 0) is 82.8 Å². The number of guanidine groups is 1. The minimum absolute atomic E-state index is 0.268. The molecule has 29 heavy (non-hydrogen) atoms. The van der Waals surface area contributed by atoms with E-state index in [0.717, 1.165) is 43.8 Å². The molecular formula is C23H41N5O. The Hall–Kier alpha value is -1.53. The molecule has 3 rings (SSSR count). The maximum atomic E-state index is 5.75. The summed E-state index contributed by atoms with van der Waals surface area (Å²) >= 11 is 0. The van der Waals surface area contributed by atoms with Crippen LogP contribution < -0.4 is 10.6 Å². The van der Waals surface area contributed by atoms with E-state index < -0.39 is 0 Å². The Morgan fingerprint density at radius 3 is 2.76 bits per heavy atom. The summed E-state index contributed by atoms with van der Waals surface area (Å²) in [6.07, 6.45) is 10.9. The second-order valence-corrected chi connectivity index (χ2v) is 8.76. The molecule has 2 N–H and O–H groups in total. The first-order valence-electron chi connectivity index (χ1n) is 11.7. The quantitative estimate of drug-likeness (QED) is 0.376. The van der Waals surface area contributed by atoms with Crippen LogP contribution in [0.3, 0.4) is 0 Å². The van der Waals surface area contributed by atoms with Crippen LogP contribution >= 0.6 is 0 Å². The van der Waals surface area contributed by atoms with Crippen molar-refractivity contribution in [2.75, 3.05) is 52.9 Å². The fourth-order valence-electron chi connectivity index (χ4n) is 4.69. The molecule has 2 fully saturated rings. The van der Waals surface area contributed by atoms with Crippen molar-refractivity contribution in [3.8, 4) is 0 Å². The molecule has 2 saturated heterocycles. The fraction of sp³-hybridized carbons (Fsp3) is 0.783. The highest BCUT2D eigenvalue weighted by molar-refractivity contribution is 5.79. The molecule has 0 aromatic carbocycles. The van der Waals surface area contributed by atoms with Gasteiger partial charge in [0.15, 0.2) is 5.96 Å². The smallest absolute Gasteiger partial charge is 0.191 e. The summed E-state index contributed by atoms with van der Waals surface area (Å²) in [7, 11) is 1.85. The highest BCUT2D eigenvalue weighted by Gasteiger charge is 2.24. The highest BCUT2D eigenvalue weighted by Crippen LogP contribution is 2.24. The summed E-state index contributed by atoms with van der Waals surface area (Å²) in [5, 5.41) is 7.02. The SMILES string of the molecule is CN=C(NCCCCN1CCCC(C)C1)NCC(c1ccco1)N1CCCCC1.